The lowest BCUT2D eigenvalue weighted by Crippen LogP contribution is -2.52. The molecule has 0 saturated carbocycles. The highest BCUT2D eigenvalue weighted by molar-refractivity contribution is 5.91. The zero-order chi connectivity index (χ0) is 16.5. The number of hydrogen-bond acceptors (Lipinski definition) is 3. The third-order valence-electron chi connectivity index (χ3n) is 3.85. The molecule has 1 N–H and O–H groups in total. The Kier molecular flexibility index (Phi) is 4.70. The van der Waals surface area contributed by atoms with E-state index >= 15 is 0 Å². The average Bonchev–Trinajstić information content (AvgIpc) is 2.36. The summed E-state index contributed by atoms with van der Waals surface area (Å²) in [5.74, 6) is -1.66. The minimum Gasteiger partial charge on any atom is -0.449 e. The maximum Gasteiger partial charge on any atom is 0.414 e. The Labute approximate surface area is 128 Å². The van der Waals surface area contributed by atoms with E-state index in [2.05, 4.69) is 0 Å². The molecule has 1 amide bonds. The van der Waals surface area contributed by atoms with Crippen LogP contribution in [0.5, 0.6) is 0 Å². The number of ether oxygens (including phenoxy) is 1. The van der Waals surface area contributed by atoms with E-state index in [0.29, 0.717) is 12.5 Å². The SMILES string of the molecule is CCCCOC(=O)N1c2cc(F)cc(F)c2C(O)CC1(C)C. The molecule has 0 spiro atoms. The molecule has 4 nitrogen and oxygen atoms in total. The highest BCUT2D eigenvalue weighted by Gasteiger charge is 2.43. The van der Waals surface area contributed by atoms with E-state index in [0.717, 1.165) is 12.5 Å². The number of carbonyl (C=O) groups excluding carboxylic acids is 1. The van der Waals surface area contributed by atoms with Crippen LogP contribution < -0.4 is 4.90 Å². The van der Waals surface area contributed by atoms with E-state index in [1.54, 1.807) is 13.8 Å². The third-order valence-corrected chi connectivity index (χ3v) is 3.85. The predicted molar refractivity (Wildman–Crippen MR) is 78.7 cm³/mol. The summed E-state index contributed by atoms with van der Waals surface area (Å²) in [5, 5.41) is 10.1. The highest BCUT2D eigenvalue weighted by Crippen LogP contribution is 2.44. The summed E-state index contributed by atoms with van der Waals surface area (Å²) >= 11 is 0. The maximum atomic E-state index is 14.0. The molecule has 1 aromatic carbocycles. The second kappa shape index (κ2) is 6.20. The molecule has 6 heteroatoms. The predicted octanol–water partition coefficient (Wildman–Crippen LogP) is 3.92. The number of anilines is 1. The molecule has 22 heavy (non-hydrogen) atoms. The molecule has 1 aliphatic heterocycles. The van der Waals surface area contributed by atoms with Crippen LogP contribution in [-0.2, 0) is 4.74 Å². The lowest BCUT2D eigenvalue weighted by molar-refractivity contribution is 0.111. The van der Waals surface area contributed by atoms with Gasteiger partial charge in [-0.1, -0.05) is 13.3 Å². The first-order valence-electron chi connectivity index (χ1n) is 7.42. The van der Waals surface area contributed by atoms with E-state index < -0.39 is 29.4 Å². The second-order valence-corrected chi connectivity index (χ2v) is 6.16. The molecule has 1 aliphatic rings. The molecule has 0 radical (unpaired) electrons. The molecule has 0 saturated heterocycles. The lowest BCUT2D eigenvalue weighted by Gasteiger charge is -2.44. The highest BCUT2D eigenvalue weighted by atomic mass is 19.1. The third kappa shape index (κ3) is 3.06. The Bertz CT molecular complexity index is 575. The van der Waals surface area contributed by atoms with Gasteiger partial charge in [-0.05, 0) is 26.3 Å². The molecule has 0 aliphatic carbocycles. The minimum atomic E-state index is -1.09. The summed E-state index contributed by atoms with van der Waals surface area (Å²) < 4.78 is 32.8. The van der Waals surface area contributed by atoms with Crippen molar-refractivity contribution in [1.29, 1.82) is 0 Å². The van der Waals surface area contributed by atoms with Crippen LogP contribution in [0.15, 0.2) is 12.1 Å². The van der Waals surface area contributed by atoms with E-state index in [1.807, 2.05) is 6.92 Å². The number of benzene rings is 1. The largest absolute Gasteiger partial charge is 0.449 e. The van der Waals surface area contributed by atoms with Gasteiger partial charge in [-0.25, -0.2) is 13.6 Å². The fraction of sp³-hybridized carbons (Fsp3) is 0.562. The summed E-state index contributed by atoms with van der Waals surface area (Å²) in [7, 11) is 0. The molecular weight excluding hydrogens is 292 g/mol. The summed E-state index contributed by atoms with van der Waals surface area (Å²) in [5.41, 5.74) is -0.841. The number of unbranched alkanes of at least 4 members (excludes halogenated alkanes) is 1. The van der Waals surface area contributed by atoms with Crippen molar-refractivity contribution in [1.82, 2.24) is 0 Å². The van der Waals surface area contributed by atoms with Crippen LogP contribution in [0.4, 0.5) is 19.3 Å². The quantitative estimate of drug-likeness (QED) is 0.860. The molecule has 1 heterocycles. The van der Waals surface area contributed by atoms with Crippen molar-refractivity contribution in [3.05, 3.63) is 29.3 Å². The van der Waals surface area contributed by atoms with Crippen molar-refractivity contribution in [2.24, 2.45) is 0 Å². The molecule has 0 fully saturated rings. The van der Waals surface area contributed by atoms with Gasteiger partial charge in [-0.2, -0.15) is 0 Å². The number of carbonyl (C=O) groups is 1. The van der Waals surface area contributed by atoms with Gasteiger partial charge in [0.1, 0.15) is 11.6 Å². The average molecular weight is 313 g/mol. The van der Waals surface area contributed by atoms with Gasteiger partial charge < -0.3 is 9.84 Å². The number of fused-ring (bicyclic) bond motifs is 1. The first-order valence-corrected chi connectivity index (χ1v) is 7.42. The second-order valence-electron chi connectivity index (χ2n) is 6.16. The molecule has 1 aromatic rings. The summed E-state index contributed by atoms with van der Waals surface area (Å²) in [6.07, 6.45) is -0.0184. The van der Waals surface area contributed by atoms with Crippen molar-refractivity contribution in [3.8, 4) is 0 Å². The van der Waals surface area contributed by atoms with Crippen LogP contribution in [0.25, 0.3) is 0 Å². The zero-order valence-corrected chi connectivity index (χ0v) is 13.0. The molecule has 0 aromatic heterocycles. The van der Waals surface area contributed by atoms with E-state index in [4.69, 9.17) is 4.74 Å². The van der Waals surface area contributed by atoms with Crippen LogP contribution in [0.1, 0.15) is 51.7 Å². The standard InChI is InChI=1S/C16H21F2NO3/c1-4-5-6-22-15(21)19-12-8-10(17)7-11(18)14(12)13(20)9-16(19,2)3/h7-8,13,20H,4-6,9H2,1-3H3. The molecule has 0 bridgehead atoms. The van der Waals surface area contributed by atoms with Crippen LogP contribution in [0.2, 0.25) is 0 Å². The van der Waals surface area contributed by atoms with Gasteiger partial charge in [0.2, 0.25) is 0 Å². The molecule has 122 valence electrons. The number of amides is 1. The summed E-state index contributed by atoms with van der Waals surface area (Å²) in [4.78, 5) is 13.6. The Hall–Kier alpha value is -1.69. The first kappa shape index (κ1) is 16.7. The number of nitrogens with zero attached hydrogens (tertiary/aromatic N) is 1. The van der Waals surface area contributed by atoms with E-state index in [9.17, 15) is 18.7 Å². The van der Waals surface area contributed by atoms with Gasteiger partial charge in [0.05, 0.1) is 18.4 Å². The topological polar surface area (TPSA) is 49.8 Å². The van der Waals surface area contributed by atoms with Crippen LogP contribution in [0, 0.1) is 11.6 Å². The van der Waals surface area contributed by atoms with Crippen LogP contribution >= 0.6 is 0 Å². The Balaban J connectivity index is 2.43. The smallest absolute Gasteiger partial charge is 0.414 e. The summed E-state index contributed by atoms with van der Waals surface area (Å²) in [6, 6.07) is 1.77. The van der Waals surface area contributed by atoms with Gasteiger partial charge in [-0.3, -0.25) is 4.90 Å². The molecule has 1 atom stereocenters. The van der Waals surface area contributed by atoms with Crippen molar-refractivity contribution < 1.29 is 23.4 Å². The van der Waals surface area contributed by atoms with Crippen molar-refractivity contribution in [3.63, 3.8) is 0 Å². The first-order chi connectivity index (χ1) is 10.3. The normalized spacial score (nSPS) is 19.7. The Morgan fingerprint density at radius 2 is 2.14 bits per heavy atom. The van der Waals surface area contributed by atoms with E-state index in [-0.39, 0.29) is 24.3 Å². The Morgan fingerprint density at radius 1 is 1.45 bits per heavy atom. The molecule has 2 rings (SSSR count). The zero-order valence-electron chi connectivity index (χ0n) is 13.0. The molecular formula is C16H21F2NO3. The van der Waals surface area contributed by atoms with Gasteiger partial charge in [-0.15, -0.1) is 0 Å². The number of halogens is 2. The minimum absolute atomic E-state index is 0.0303. The fourth-order valence-electron chi connectivity index (χ4n) is 2.79. The van der Waals surface area contributed by atoms with Crippen molar-refractivity contribution >= 4 is 11.8 Å². The van der Waals surface area contributed by atoms with Gasteiger partial charge in [0, 0.05) is 23.6 Å². The van der Waals surface area contributed by atoms with Crippen LogP contribution in [0.3, 0.4) is 0 Å². The Morgan fingerprint density at radius 3 is 2.77 bits per heavy atom. The van der Waals surface area contributed by atoms with Gasteiger partial charge >= 0.3 is 6.09 Å². The van der Waals surface area contributed by atoms with Crippen LogP contribution in [-0.4, -0.2) is 23.3 Å². The lowest BCUT2D eigenvalue weighted by atomic mass is 9.85. The monoisotopic (exact) mass is 313 g/mol. The maximum absolute atomic E-state index is 14.0. The van der Waals surface area contributed by atoms with Crippen molar-refractivity contribution in [2.45, 2.75) is 51.7 Å². The number of hydrogen-bond donors (Lipinski definition) is 1. The van der Waals surface area contributed by atoms with E-state index in [1.165, 1.54) is 4.90 Å². The number of aliphatic hydroxyl groups is 1. The number of aliphatic hydroxyl groups excluding tert-OH is 1. The number of rotatable bonds is 3. The van der Waals surface area contributed by atoms with Gasteiger partial charge in [0.15, 0.2) is 0 Å². The summed E-state index contributed by atoms with van der Waals surface area (Å²) in [6.45, 7) is 5.67. The van der Waals surface area contributed by atoms with Gasteiger partial charge in [0.25, 0.3) is 0 Å². The van der Waals surface area contributed by atoms with Crippen molar-refractivity contribution in [2.75, 3.05) is 11.5 Å². The molecule has 1 unspecified atom stereocenters. The fourth-order valence-corrected chi connectivity index (χ4v) is 2.79.